The topological polar surface area (TPSA) is 142 Å². The average Bonchev–Trinajstić information content (AvgIpc) is 2.81. The molecule has 1 atom stereocenters. The summed E-state index contributed by atoms with van der Waals surface area (Å²) < 4.78 is 46.2. The Hall–Kier alpha value is -3.97. The molecule has 3 rings (SSSR count). The van der Waals surface area contributed by atoms with Crippen molar-refractivity contribution in [2.24, 2.45) is 0 Å². The van der Waals surface area contributed by atoms with Gasteiger partial charge in [0.15, 0.2) is 6.10 Å². The van der Waals surface area contributed by atoms with Crippen LogP contribution in [-0.4, -0.2) is 50.9 Å². The number of rotatable bonds is 8. The van der Waals surface area contributed by atoms with E-state index in [4.69, 9.17) is 9.84 Å². The van der Waals surface area contributed by atoms with Crippen LogP contribution in [0.4, 0.5) is 42.0 Å². The minimum atomic E-state index is -4.78. The lowest BCUT2D eigenvalue weighted by Crippen LogP contribution is -2.30. The molecule has 3 aromatic rings. The predicted molar refractivity (Wildman–Crippen MR) is 122 cm³/mol. The maximum atomic E-state index is 13.7. The molecule has 0 bridgehead atoms. The molecule has 0 spiro atoms. The largest absolute Gasteiger partial charge is 0.481 e. The molecule has 1 amide bonds. The van der Waals surface area contributed by atoms with E-state index in [0.717, 1.165) is 0 Å². The van der Waals surface area contributed by atoms with Gasteiger partial charge >= 0.3 is 6.18 Å². The highest BCUT2D eigenvalue weighted by Crippen LogP contribution is 2.37. The first-order valence-electron chi connectivity index (χ1n) is 10.2. The number of amides is 1. The van der Waals surface area contributed by atoms with E-state index in [9.17, 15) is 23.1 Å². The van der Waals surface area contributed by atoms with Crippen molar-refractivity contribution in [2.45, 2.75) is 26.1 Å². The summed E-state index contributed by atoms with van der Waals surface area (Å²) in [5.41, 5.74) is 0.857. The summed E-state index contributed by atoms with van der Waals surface area (Å²) in [6.45, 7) is 2.62. The molecule has 0 fully saturated rings. The van der Waals surface area contributed by atoms with Crippen LogP contribution in [0.3, 0.4) is 0 Å². The number of ether oxygens (including phenoxy) is 1. The van der Waals surface area contributed by atoms with E-state index in [-0.39, 0.29) is 23.2 Å². The smallest absolute Gasteiger partial charge is 0.421 e. The number of aliphatic hydroxyl groups excluding tert-OH is 2. The monoisotopic (exact) mass is 492 g/mol. The van der Waals surface area contributed by atoms with Crippen LogP contribution in [0.1, 0.15) is 16.7 Å². The maximum absolute atomic E-state index is 13.7. The highest BCUT2D eigenvalue weighted by atomic mass is 19.4. The van der Waals surface area contributed by atoms with Gasteiger partial charge in [0.1, 0.15) is 11.4 Å². The number of nitrogens with zero attached hydrogens (tertiary/aromatic N) is 3. The van der Waals surface area contributed by atoms with Crippen molar-refractivity contribution < 1.29 is 32.9 Å². The number of aryl methyl sites for hydroxylation is 2. The van der Waals surface area contributed by atoms with E-state index in [1.165, 1.54) is 25.4 Å². The molecule has 5 N–H and O–H groups in total. The highest BCUT2D eigenvalue weighted by molar-refractivity contribution is 5.97. The Kier molecular flexibility index (Phi) is 7.71. The van der Waals surface area contributed by atoms with E-state index in [1.54, 1.807) is 26.0 Å². The molecule has 2 heterocycles. The third-order valence-corrected chi connectivity index (χ3v) is 4.79. The van der Waals surface area contributed by atoms with Crippen LogP contribution in [0.25, 0.3) is 0 Å². The Balaban J connectivity index is 2.00. The van der Waals surface area contributed by atoms with Crippen molar-refractivity contribution in [3.8, 4) is 5.88 Å². The van der Waals surface area contributed by atoms with Crippen LogP contribution in [0.5, 0.6) is 5.88 Å². The quantitative estimate of drug-likeness (QED) is 0.320. The van der Waals surface area contributed by atoms with E-state index in [1.807, 2.05) is 0 Å². The Morgan fingerprint density at radius 3 is 2.49 bits per heavy atom. The van der Waals surface area contributed by atoms with E-state index in [2.05, 4.69) is 30.9 Å². The van der Waals surface area contributed by atoms with Crippen LogP contribution in [0.2, 0.25) is 0 Å². The van der Waals surface area contributed by atoms with Gasteiger partial charge in [0.05, 0.1) is 30.8 Å². The maximum Gasteiger partial charge on any atom is 0.421 e. The number of carbonyl (C=O) groups excluding carboxylic acids is 1. The van der Waals surface area contributed by atoms with Gasteiger partial charge in [0.2, 0.25) is 11.8 Å². The molecule has 10 nitrogen and oxygen atoms in total. The number of aromatic nitrogens is 3. The predicted octanol–water partition coefficient (Wildman–Crippen LogP) is 3.29. The lowest BCUT2D eigenvalue weighted by Gasteiger charge is -2.18. The number of alkyl halides is 3. The zero-order valence-electron chi connectivity index (χ0n) is 18.9. The fraction of sp³-hybridized carbons (Fsp3) is 0.273. The number of anilines is 5. The molecule has 0 radical (unpaired) electrons. The standard InChI is InChI=1S/C22H23F3N6O4/c1-11-4-5-14(16(6-11)29-20(34)17(33)10-32)28-19-13(22(23,24)25)9-27-21(31-19)30-15-7-18(35-3)26-8-12(15)2/h4-9,17,32-33H,10H2,1-3H3,(H,29,34)(H2,26,27,28,30,31)/t17-/m0/s1. The molecule has 2 aromatic heterocycles. The van der Waals surface area contributed by atoms with Crippen LogP contribution < -0.4 is 20.7 Å². The zero-order chi connectivity index (χ0) is 25.8. The Bertz CT molecular complexity index is 1220. The van der Waals surface area contributed by atoms with Crippen molar-refractivity contribution >= 4 is 34.7 Å². The Morgan fingerprint density at radius 2 is 1.83 bits per heavy atom. The number of nitrogens with one attached hydrogen (secondary N) is 3. The molecule has 186 valence electrons. The summed E-state index contributed by atoms with van der Waals surface area (Å²) in [5.74, 6) is -1.35. The average molecular weight is 492 g/mol. The molecule has 0 saturated heterocycles. The van der Waals surface area contributed by atoms with Crippen LogP contribution in [0.15, 0.2) is 36.7 Å². The Labute approximate surface area is 198 Å². The van der Waals surface area contributed by atoms with Gasteiger partial charge in [0, 0.05) is 18.5 Å². The molecule has 0 aliphatic rings. The van der Waals surface area contributed by atoms with Gasteiger partial charge in [-0.1, -0.05) is 6.07 Å². The van der Waals surface area contributed by atoms with Crippen LogP contribution in [0, 0.1) is 13.8 Å². The molecule has 1 aromatic carbocycles. The summed E-state index contributed by atoms with van der Waals surface area (Å²) in [7, 11) is 1.43. The number of carbonyl (C=O) groups is 1. The summed E-state index contributed by atoms with van der Waals surface area (Å²) in [6.07, 6.45) is -4.33. The lowest BCUT2D eigenvalue weighted by atomic mass is 10.1. The fourth-order valence-corrected chi connectivity index (χ4v) is 2.91. The first-order chi connectivity index (χ1) is 16.5. The van der Waals surface area contributed by atoms with Gasteiger partial charge in [0.25, 0.3) is 5.91 Å². The van der Waals surface area contributed by atoms with Gasteiger partial charge < -0.3 is 30.9 Å². The number of hydrogen-bond donors (Lipinski definition) is 5. The fourth-order valence-electron chi connectivity index (χ4n) is 2.91. The van der Waals surface area contributed by atoms with Gasteiger partial charge in [-0.25, -0.2) is 9.97 Å². The summed E-state index contributed by atoms with van der Waals surface area (Å²) >= 11 is 0. The Morgan fingerprint density at radius 1 is 1.09 bits per heavy atom. The number of aliphatic hydroxyl groups is 2. The third kappa shape index (κ3) is 6.33. The van der Waals surface area contributed by atoms with E-state index in [0.29, 0.717) is 23.0 Å². The van der Waals surface area contributed by atoms with Crippen molar-refractivity contribution in [3.63, 3.8) is 0 Å². The second-order valence-electron chi connectivity index (χ2n) is 7.48. The highest BCUT2D eigenvalue weighted by Gasteiger charge is 2.35. The van der Waals surface area contributed by atoms with Gasteiger partial charge in [-0.05, 0) is 37.1 Å². The normalized spacial score (nSPS) is 12.1. The van der Waals surface area contributed by atoms with Crippen LogP contribution in [-0.2, 0) is 11.0 Å². The zero-order valence-corrected chi connectivity index (χ0v) is 18.9. The second kappa shape index (κ2) is 10.5. The number of hydrogen-bond acceptors (Lipinski definition) is 9. The molecule has 0 unspecified atom stereocenters. The number of methoxy groups -OCH3 is 1. The van der Waals surface area contributed by atoms with Crippen molar-refractivity contribution in [2.75, 3.05) is 29.7 Å². The summed E-state index contributed by atoms with van der Waals surface area (Å²) in [5, 5.41) is 26.4. The molecular weight excluding hydrogens is 469 g/mol. The SMILES string of the molecule is COc1cc(Nc2ncc(C(F)(F)F)c(Nc3ccc(C)cc3NC(=O)[C@@H](O)CO)n2)c(C)cn1. The lowest BCUT2D eigenvalue weighted by molar-refractivity contribution is -0.137. The van der Waals surface area contributed by atoms with Crippen molar-refractivity contribution in [3.05, 3.63) is 53.3 Å². The number of halogens is 3. The molecule has 0 saturated carbocycles. The summed E-state index contributed by atoms with van der Waals surface area (Å²) in [4.78, 5) is 23.9. The minimum absolute atomic E-state index is 0.0750. The van der Waals surface area contributed by atoms with Crippen molar-refractivity contribution in [1.82, 2.24) is 15.0 Å². The second-order valence-corrected chi connectivity index (χ2v) is 7.48. The third-order valence-electron chi connectivity index (χ3n) is 4.79. The number of pyridine rings is 1. The van der Waals surface area contributed by atoms with Gasteiger partial charge in [-0.15, -0.1) is 0 Å². The van der Waals surface area contributed by atoms with E-state index >= 15 is 0 Å². The molecule has 35 heavy (non-hydrogen) atoms. The minimum Gasteiger partial charge on any atom is -0.481 e. The van der Waals surface area contributed by atoms with Crippen LogP contribution >= 0.6 is 0 Å². The van der Waals surface area contributed by atoms with E-state index < -0.39 is 36.2 Å². The summed E-state index contributed by atoms with van der Waals surface area (Å²) in [6, 6.07) is 6.10. The molecule has 13 heteroatoms. The molecular formula is C22H23F3N6O4. The van der Waals surface area contributed by atoms with Gasteiger partial charge in [-0.3, -0.25) is 4.79 Å². The number of benzene rings is 1. The first kappa shape index (κ1) is 25.6. The molecule has 0 aliphatic heterocycles. The first-order valence-corrected chi connectivity index (χ1v) is 10.2. The molecule has 0 aliphatic carbocycles. The van der Waals surface area contributed by atoms with Gasteiger partial charge in [-0.2, -0.15) is 18.2 Å². The van der Waals surface area contributed by atoms with Crippen molar-refractivity contribution in [1.29, 1.82) is 0 Å².